The number of benzene rings is 2. The molecule has 0 saturated heterocycles. The second kappa shape index (κ2) is 8.94. The standard InChI is InChI=1S/C28H22FN7O/c1-15(2)28(37)31-17-12-16(13-30-14-17)21-10-11-23-25(32-21)26(36-35-23)27-33-22-9-5-7-19(24(22)34-27)18-6-3-4-8-20(18)29/h3-15H,1-2H3,(H,31,37)(H,33,34)(H,35,36). The quantitative estimate of drug-likeness (QED) is 0.275. The van der Waals surface area contributed by atoms with Gasteiger partial charge in [0.1, 0.15) is 11.3 Å². The van der Waals surface area contributed by atoms with Crippen molar-refractivity contribution in [3.05, 3.63) is 78.9 Å². The Morgan fingerprint density at radius 2 is 1.76 bits per heavy atom. The third-order valence-corrected chi connectivity index (χ3v) is 6.13. The van der Waals surface area contributed by atoms with Gasteiger partial charge in [-0.25, -0.2) is 14.4 Å². The molecular weight excluding hydrogens is 469 g/mol. The Hall–Kier alpha value is -4.92. The van der Waals surface area contributed by atoms with Gasteiger partial charge in [0.25, 0.3) is 0 Å². The van der Waals surface area contributed by atoms with E-state index in [0.29, 0.717) is 45.1 Å². The maximum Gasteiger partial charge on any atom is 0.226 e. The number of hydrogen-bond acceptors (Lipinski definition) is 5. The van der Waals surface area contributed by atoms with Crippen LogP contribution in [0.2, 0.25) is 0 Å². The van der Waals surface area contributed by atoms with Crippen molar-refractivity contribution in [1.82, 2.24) is 30.1 Å². The molecule has 0 radical (unpaired) electrons. The van der Waals surface area contributed by atoms with Crippen molar-refractivity contribution in [3.63, 3.8) is 0 Å². The summed E-state index contributed by atoms with van der Waals surface area (Å²) < 4.78 is 14.5. The monoisotopic (exact) mass is 491 g/mol. The average Bonchev–Trinajstić information content (AvgIpc) is 3.53. The molecule has 2 aromatic carbocycles. The van der Waals surface area contributed by atoms with Gasteiger partial charge in [-0.05, 0) is 30.3 Å². The molecule has 0 atom stereocenters. The molecule has 0 spiro atoms. The Morgan fingerprint density at radius 1 is 0.919 bits per heavy atom. The zero-order chi connectivity index (χ0) is 25.5. The van der Waals surface area contributed by atoms with Crippen molar-refractivity contribution >= 4 is 33.7 Å². The molecular formula is C28H22FN7O. The lowest BCUT2D eigenvalue weighted by atomic mass is 10.0. The van der Waals surface area contributed by atoms with Crippen LogP contribution < -0.4 is 5.32 Å². The van der Waals surface area contributed by atoms with Crippen LogP contribution in [-0.2, 0) is 4.79 Å². The van der Waals surface area contributed by atoms with Crippen LogP contribution in [0.25, 0.3) is 56.0 Å². The zero-order valence-electron chi connectivity index (χ0n) is 20.1. The number of aromatic nitrogens is 6. The third-order valence-electron chi connectivity index (χ3n) is 6.13. The molecule has 6 aromatic rings. The molecule has 1 amide bonds. The first-order valence-electron chi connectivity index (χ1n) is 11.8. The van der Waals surface area contributed by atoms with Crippen molar-refractivity contribution < 1.29 is 9.18 Å². The van der Waals surface area contributed by atoms with Gasteiger partial charge in [0.2, 0.25) is 5.91 Å². The number of pyridine rings is 2. The highest BCUT2D eigenvalue weighted by Crippen LogP contribution is 2.33. The smallest absolute Gasteiger partial charge is 0.226 e. The molecule has 0 bridgehead atoms. The number of carbonyl (C=O) groups is 1. The number of imidazole rings is 1. The van der Waals surface area contributed by atoms with Gasteiger partial charge in [0.05, 0.1) is 34.1 Å². The Bertz CT molecular complexity index is 1790. The number of rotatable bonds is 5. The number of para-hydroxylation sites is 1. The summed E-state index contributed by atoms with van der Waals surface area (Å²) in [5.41, 5.74) is 6.52. The van der Waals surface area contributed by atoms with Gasteiger partial charge in [0, 0.05) is 28.8 Å². The fourth-order valence-electron chi connectivity index (χ4n) is 4.20. The second-order valence-corrected chi connectivity index (χ2v) is 9.04. The van der Waals surface area contributed by atoms with Crippen LogP contribution >= 0.6 is 0 Å². The lowest BCUT2D eigenvalue weighted by molar-refractivity contribution is -0.118. The van der Waals surface area contributed by atoms with Gasteiger partial charge >= 0.3 is 0 Å². The van der Waals surface area contributed by atoms with E-state index in [1.807, 2.05) is 50.2 Å². The molecule has 6 rings (SSSR count). The van der Waals surface area contributed by atoms with E-state index < -0.39 is 0 Å². The average molecular weight is 492 g/mol. The minimum Gasteiger partial charge on any atom is -0.336 e. The van der Waals surface area contributed by atoms with Gasteiger partial charge in [-0.2, -0.15) is 5.10 Å². The summed E-state index contributed by atoms with van der Waals surface area (Å²) in [7, 11) is 0. The zero-order valence-corrected chi connectivity index (χ0v) is 20.1. The van der Waals surface area contributed by atoms with E-state index >= 15 is 0 Å². The predicted octanol–water partition coefficient (Wildman–Crippen LogP) is 5.96. The van der Waals surface area contributed by atoms with Gasteiger partial charge in [0.15, 0.2) is 11.5 Å². The van der Waals surface area contributed by atoms with Gasteiger partial charge in [-0.15, -0.1) is 0 Å². The van der Waals surface area contributed by atoms with Crippen LogP contribution in [0.3, 0.4) is 0 Å². The number of hydrogen-bond donors (Lipinski definition) is 3. The first kappa shape index (κ1) is 22.5. The maximum absolute atomic E-state index is 14.5. The van der Waals surface area contributed by atoms with E-state index in [1.165, 1.54) is 6.07 Å². The van der Waals surface area contributed by atoms with Crippen LogP contribution in [-0.4, -0.2) is 36.0 Å². The highest BCUT2D eigenvalue weighted by molar-refractivity contribution is 5.96. The molecule has 4 aromatic heterocycles. The summed E-state index contributed by atoms with van der Waals surface area (Å²) >= 11 is 0. The minimum absolute atomic E-state index is 0.0841. The van der Waals surface area contributed by atoms with Crippen LogP contribution in [0, 0.1) is 11.7 Å². The molecule has 37 heavy (non-hydrogen) atoms. The molecule has 9 heteroatoms. The van der Waals surface area contributed by atoms with E-state index in [2.05, 4.69) is 25.5 Å². The van der Waals surface area contributed by atoms with Crippen LogP contribution in [0.4, 0.5) is 10.1 Å². The first-order chi connectivity index (χ1) is 18.0. The van der Waals surface area contributed by atoms with E-state index in [1.54, 1.807) is 30.6 Å². The summed E-state index contributed by atoms with van der Waals surface area (Å²) in [6.07, 6.45) is 3.30. The van der Waals surface area contributed by atoms with E-state index in [-0.39, 0.29) is 17.6 Å². The molecule has 0 fully saturated rings. The minimum atomic E-state index is -0.309. The van der Waals surface area contributed by atoms with Gasteiger partial charge < -0.3 is 10.3 Å². The van der Waals surface area contributed by atoms with Crippen molar-refractivity contribution in [2.75, 3.05) is 5.32 Å². The number of amides is 1. The third kappa shape index (κ3) is 4.10. The number of carbonyl (C=O) groups excluding carboxylic acids is 1. The summed E-state index contributed by atoms with van der Waals surface area (Å²) in [6, 6.07) is 17.8. The van der Waals surface area contributed by atoms with Crippen molar-refractivity contribution in [3.8, 4) is 33.9 Å². The Balaban J connectivity index is 1.42. The highest BCUT2D eigenvalue weighted by atomic mass is 19.1. The van der Waals surface area contributed by atoms with Crippen molar-refractivity contribution in [1.29, 1.82) is 0 Å². The number of aromatic amines is 2. The molecule has 0 aliphatic rings. The molecule has 0 unspecified atom stereocenters. The molecule has 0 aliphatic heterocycles. The number of fused-ring (bicyclic) bond motifs is 2. The van der Waals surface area contributed by atoms with Crippen LogP contribution in [0.1, 0.15) is 13.8 Å². The van der Waals surface area contributed by atoms with Crippen LogP contribution in [0.15, 0.2) is 73.1 Å². The topological polar surface area (TPSA) is 112 Å². The van der Waals surface area contributed by atoms with Gasteiger partial charge in [-0.1, -0.05) is 44.2 Å². The largest absolute Gasteiger partial charge is 0.336 e. The molecule has 0 aliphatic carbocycles. The van der Waals surface area contributed by atoms with Crippen molar-refractivity contribution in [2.45, 2.75) is 13.8 Å². The molecule has 8 nitrogen and oxygen atoms in total. The van der Waals surface area contributed by atoms with Gasteiger partial charge in [-0.3, -0.25) is 14.9 Å². The number of H-pyrrole nitrogens is 2. The second-order valence-electron chi connectivity index (χ2n) is 9.04. The summed E-state index contributed by atoms with van der Waals surface area (Å²) in [4.78, 5) is 29.3. The lowest BCUT2D eigenvalue weighted by Gasteiger charge is -2.08. The molecule has 4 heterocycles. The Labute approximate surface area is 211 Å². The predicted molar refractivity (Wildman–Crippen MR) is 141 cm³/mol. The Kier molecular flexibility index (Phi) is 5.45. The van der Waals surface area contributed by atoms with E-state index in [9.17, 15) is 9.18 Å². The number of anilines is 1. The Morgan fingerprint density at radius 3 is 2.59 bits per heavy atom. The highest BCUT2D eigenvalue weighted by Gasteiger charge is 2.18. The molecule has 3 N–H and O–H groups in total. The van der Waals surface area contributed by atoms with Crippen LogP contribution in [0.5, 0.6) is 0 Å². The molecule has 0 saturated carbocycles. The summed E-state index contributed by atoms with van der Waals surface area (Å²) in [5, 5.41) is 10.3. The van der Waals surface area contributed by atoms with E-state index in [4.69, 9.17) is 9.97 Å². The fraction of sp³-hybridized carbons (Fsp3) is 0.107. The number of halogens is 1. The first-order valence-corrected chi connectivity index (χ1v) is 11.8. The number of nitrogens with zero attached hydrogens (tertiary/aromatic N) is 4. The lowest BCUT2D eigenvalue weighted by Crippen LogP contribution is -2.17. The SMILES string of the molecule is CC(C)C(=O)Nc1cncc(-c2ccc3[nH]nc(-c4nc5c(-c6ccccc6F)cccc5[nH]4)c3n2)c1. The van der Waals surface area contributed by atoms with Crippen molar-refractivity contribution in [2.24, 2.45) is 5.92 Å². The fourth-order valence-corrected chi connectivity index (χ4v) is 4.20. The van der Waals surface area contributed by atoms with E-state index in [0.717, 1.165) is 16.6 Å². The maximum atomic E-state index is 14.5. The normalized spacial score (nSPS) is 11.5. The number of nitrogens with one attached hydrogen (secondary N) is 3. The summed E-state index contributed by atoms with van der Waals surface area (Å²) in [5.74, 6) is -0.0179. The summed E-state index contributed by atoms with van der Waals surface area (Å²) in [6.45, 7) is 3.67. The molecule has 182 valence electrons.